The molecule has 1 fully saturated rings. The van der Waals surface area contributed by atoms with E-state index in [0.29, 0.717) is 28.0 Å². The smallest absolute Gasteiger partial charge is 0.449 e. The van der Waals surface area contributed by atoms with Crippen molar-refractivity contribution in [3.63, 3.8) is 0 Å². The lowest BCUT2D eigenvalue weighted by Crippen LogP contribution is -2.34. The molecule has 6 rings (SSSR count). The number of rotatable bonds is 4. The van der Waals surface area contributed by atoms with Crippen LogP contribution >= 0.6 is 11.3 Å². The van der Waals surface area contributed by atoms with E-state index in [1.165, 1.54) is 4.88 Å². The number of fused-ring (bicyclic) bond motifs is 3. The van der Waals surface area contributed by atoms with Gasteiger partial charge < -0.3 is 19.7 Å². The molecule has 4 aliphatic rings. The first-order valence-electron chi connectivity index (χ1n) is 9.92. The molecule has 2 aromatic rings. The molecule has 4 aliphatic carbocycles. The predicted octanol–water partition coefficient (Wildman–Crippen LogP) is 4.30. The van der Waals surface area contributed by atoms with Crippen LogP contribution in [0.15, 0.2) is 15.9 Å². The third-order valence-corrected chi connectivity index (χ3v) is 7.31. The van der Waals surface area contributed by atoms with Crippen LogP contribution in [0.5, 0.6) is 0 Å². The van der Waals surface area contributed by atoms with E-state index < -0.39 is 6.16 Å². The molecule has 0 atom stereocenters. The van der Waals surface area contributed by atoms with E-state index in [-0.39, 0.29) is 17.7 Å². The van der Waals surface area contributed by atoms with Gasteiger partial charge in [0.1, 0.15) is 10.8 Å². The second-order valence-electron chi connectivity index (χ2n) is 7.86. The van der Waals surface area contributed by atoms with Crippen molar-refractivity contribution in [3.8, 4) is 11.5 Å². The molecule has 8 nitrogen and oxygen atoms in total. The highest BCUT2D eigenvalue weighted by atomic mass is 32.1. The van der Waals surface area contributed by atoms with Crippen molar-refractivity contribution in [2.45, 2.75) is 51.9 Å². The van der Waals surface area contributed by atoms with Gasteiger partial charge in [-0.2, -0.15) is 4.98 Å². The summed E-state index contributed by atoms with van der Waals surface area (Å²) in [4.78, 5) is 30.1. The maximum atomic E-state index is 13.3. The number of carboxylic acid groups (broad SMARTS) is 1. The van der Waals surface area contributed by atoms with Gasteiger partial charge in [-0.15, -0.1) is 11.3 Å². The van der Waals surface area contributed by atoms with Crippen molar-refractivity contribution in [3.05, 3.63) is 27.6 Å². The van der Waals surface area contributed by atoms with E-state index >= 15 is 0 Å². The number of anilines is 1. The average molecular weight is 415 g/mol. The highest BCUT2D eigenvalue weighted by Gasteiger charge is 2.41. The number of thiophene rings is 1. The fraction of sp³-hybridized carbons (Fsp3) is 0.500. The summed E-state index contributed by atoms with van der Waals surface area (Å²) in [5.41, 5.74) is 2.45. The first-order valence-corrected chi connectivity index (χ1v) is 10.7. The predicted molar refractivity (Wildman–Crippen MR) is 105 cm³/mol. The molecule has 0 radical (unpaired) electrons. The number of hydrogen-bond donors (Lipinski definition) is 2. The number of ether oxygens (including phenoxy) is 1. The van der Waals surface area contributed by atoms with Crippen molar-refractivity contribution in [1.29, 1.82) is 0 Å². The van der Waals surface area contributed by atoms with Gasteiger partial charge in [-0.1, -0.05) is 5.16 Å². The van der Waals surface area contributed by atoms with Gasteiger partial charge in [-0.05, 0) is 63.4 Å². The van der Waals surface area contributed by atoms with Crippen LogP contribution < -0.4 is 5.32 Å². The number of carbonyl (C=O) groups is 2. The molecular formula is C20H21N3O5S. The zero-order chi connectivity index (χ0) is 20.1. The Labute approximate surface area is 170 Å². The normalized spacial score (nSPS) is 22.7. The maximum absolute atomic E-state index is 13.3. The van der Waals surface area contributed by atoms with E-state index in [4.69, 9.17) is 14.4 Å². The van der Waals surface area contributed by atoms with Gasteiger partial charge in [-0.25, -0.2) is 4.79 Å². The Morgan fingerprint density at radius 1 is 1.21 bits per heavy atom. The molecule has 0 unspecified atom stereocenters. The van der Waals surface area contributed by atoms with Gasteiger partial charge in [-0.3, -0.25) is 4.79 Å². The standard InChI is InChI=1S/C20H21N3O5S/c1-9-21-18(28-23-9)15-12-3-2-4-13(12)29-19(15)22-17(24)14-10-5-7-11(8-6-10)16(14)27-20(25)26/h10-11H,2-8H2,1H3,(H,22,24)(H,25,26). The SMILES string of the molecule is Cc1noc(-c2c(NC(=O)C3=C(OC(=O)O)C4CCC3CC4)sc3c2CCC3)n1. The van der Waals surface area contributed by atoms with Crippen molar-refractivity contribution in [1.82, 2.24) is 10.1 Å². The molecule has 0 spiro atoms. The lowest BCUT2D eigenvalue weighted by Gasteiger charge is -2.37. The molecule has 0 saturated heterocycles. The molecule has 29 heavy (non-hydrogen) atoms. The Morgan fingerprint density at radius 3 is 2.66 bits per heavy atom. The van der Waals surface area contributed by atoms with Crippen LogP contribution in [0.2, 0.25) is 0 Å². The number of nitrogens with one attached hydrogen (secondary N) is 1. The van der Waals surface area contributed by atoms with Crippen LogP contribution in [0, 0.1) is 18.8 Å². The highest BCUT2D eigenvalue weighted by molar-refractivity contribution is 7.17. The number of aryl methyl sites for hydroxylation is 2. The summed E-state index contributed by atoms with van der Waals surface area (Å²) in [6.07, 6.45) is 5.09. The van der Waals surface area contributed by atoms with Crippen molar-refractivity contribution in [2.24, 2.45) is 11.8 Å². The van der Waals surface area contributed by atoms with Crippen molar-refractivity contribution < 1.29 is 24.0 Å². The number of amides is 1. The molecule has 1 amide bonds. The minimum atomic E-state index is -1.37. The van der Waals surface area contributed by atoms with Gasteiger partial charge in [0.25, 0.3) is 11.8 Å². The van der Waals surface area contributed by atoms with Crippen LogP contribution in [0.4, 0.5) is 9.80 Å². The molecular weight excluding hydrogens is 394 g/mol. The number of allylic oxidation sites excluding steroid dienone is 1. The monoisotopic (exact) mass is 415 g/mol. The van der Waals surface area contributed by atoms with E-state index in [9.17, 15) is 9.59 Å². The Morgan fingerprint density at radius 2 is 1.97 bits per heavy atom. The van der Waals surface area contributed by atoms with Gasteiger partial charge in [0.15, 0.2) is 5.82 Å². The van der Waals surface area contributed by atoms with Gasteiger partial charge in [0.05, 0.1) is 11.1 Å². The number of carbonyl (C=O) groups excluding carboxylic acids is 1. The Balaban J connectivity index is 1.52. The Hall–Kier alpha value is -2.68. The van der Waals surface area contributed by atoms with Crippen LogP contribution in [0.3, 0.4) is 0 Å². The van der Waals surface area contributed by atoms with E-state index in [1.54, 1.807) is 18.3 Å². The molecule has 9 heteroatoms. The first-order chi connectivity index (χ1) is 14.0. The fourth-order valence-electron chi connectivity index (χ4n) is 4.88. The fourth-order valence-corrected chi connectivity index (χ4v) is 6.16. The van der Waals surface area contributed by atoms with Crippen LogP contribution in [-0.2, 0) is 22.4 Å². The largest absolute Gasteiger partial charge is 0.511 e. The van der Waals surface area contributed by atoms with E-state index in [1.807, 2.05) is 0 Å². The minimum absolute atomic E-state index is 0.00301. The third-order valence-electron chi connectivity index (χ3n) is 6.10. The molecule has 2 aromatic heterocycles. The number of hydrogen-bond acceptors (Lipinski definition) is 7. The lowest BCUT2D eigenvalue weighted by molar-refractivity contribution is -0.114. The summed E-state index contributed by atoms with van der Waals surface area (Å²) in [7, 11) is 0. The highest BCUT2D eigenvalue weighted by Crippen LogP contribution is 2.48. The average Bonchev–Trinajstić information content (AvgIpc) is 3.38. The molecule has 2 N–H and O–H groups in total. The molecule has 2 bridgehead atoms. The second kappa shape index (κ2) is 6.98. The number of nitrogens with zero attached hydrogens (tertiary/aromatic N) is 2. The second-order valence-corrected chi connectivity index (χ2v) is 8.96. The summed E-state index contributed by atoms with van der Waals surface area (Å²) in [6.45, 7) is 1.76. The van der Waals surface area contributed by atoms with Crippen molar-refractivity contribution in [2.75, 3.05) is 5.32 Å². The van der Waals surface area contributed by atoms with Crippen LogP contribution in [0.25, 0.3) is 11.5 Å². The Kier molecular flexibility index (Phi) is 4.42. The van der Waals surface area contributed by atoms with Crippen LogP contribution in [0.1, 0.15) is 48.4 Å². The van der Waals surface area contributed by atoms with E-state index in [0.717, 1.165) is 56.1 Å². The summed E-state index contributed by atoms with van der Waals surface area (Å²) in [5, 5.41) is 16.8. The molecule has 152 valence electrons. The van der Waals surface area contributed by atoms with Gasteiger partial charge in [0.2, 0.25) is 0 Å². The van der Waals surface area contributed by atoms with Crippen molar-refractivity contribution >= 4 is 28.4 Å². The third kappa shape index (κ3) is 3.13. The molecule has 1 saturated carbocycles. The zero-order valence-electron chi connectivity index (χ0n) is 16.0. The summed E-state index contributed by atoms with van der Waals surface area (Å²) in [6, 6.07) is 0. The summed E-state index contributed by atoms with van der Waals surface area (Å²) < 4.78 is 10.5. The molecule has 2 heterocycles. The Bertz CT molecular complexity index is 1030. The number of aromatic nitrogens is 2. The minimum Gasteiger partial charge on any atom is -0.449 e. The quantitative estimate of drug-likeness (QED) is 0.715. The lowest BCUT2D eigenvalue weighted by atomic mass is 9.70. The summed E-state index contributed by atoms with van der Waals surface area (Å²) in [5.74, 6) is 1.04. The zero-order valence-corrected chi connectivity index (χ0v) is 16.8. The van der Waals surface area contributed by atoms with Crippen LogP contribution in [-0.4, -0.2) is 27.3 Å². The first kappa shape index (κ1) is 18.4. The molecule has 0 aromatic carbocycles. The molecule has 0 aliphatic heterocycles. The van der Waals surface area contributed by atoms with Gasteiger partial charge >= 0.3 is 6.16 Å². The van der Waals surface area contributed by atoms with E-state index in [2.05, 4.69) is 15.5 Å². The summed E-state index contributed by atoms with van der Waals surface area (Å²) >= 11 is 1.54. The topological polar surface area (TPSA) is 115 Å². The van der Waals surface area contributed by atoms with Gasteiger partial charge in [0, 0.05) is 10.8 Å². The maximum Gasteiger partial charge on any atom is 0.511 e.